The van der Waals surface area contributed by atoms with Crippen LogP contribution in [-0.4, -0.2) is 36.3 Å². The first kappa shape index (κ1) is 19.3. The van der Waals surface area contributed by atoms with Gasteiger partial charge in [-0.15, -0.1) is 0 Å². The molecule has 11 heteroatoms. The number of fused-ring (bicyclic) bond motifs is 1. The Balaban J connectivity index is 1.56. The quantitative estimate of drug-likeness (QED) is 0.211. The average Bonchev–Trinajstić information content (AvgIpc) is 3.18. The number of carbonyl (C=O) groups excluding carboxylic acids is 1. The van der Waals surface area contributed by atoms with Gasteiger partial charge in [-0.25, -0.2) is 9.67 Å². The fraction of sp³-hybridized carbons (Fsp3) is 0.0526. The minimum absolute atomic E-state index is 0.0506. The zero-order chi connectivity index (χ0) is 21.1. The van der Waals surface area contributed by atoms with Crippen LogP contribution in [0.1, 0.15) is 0 Å². The maximum atomic E-state index is 12.4. The largest absolute Gasteiger partial charge is 0.325 e. The van der Waals surface area contributed by atoms with Crippen LogP contribution >= 0.6 is 11.8 Å². The van der Waals surface area contributed by atoms with Gasteiger partial charge in [0.2, 0.25) is 5.91 Å². The van der Waals surface area contributed by atoms with Gasteiger partial charge >= 0.3 is 0 Å². The second kappa shape index (κ2) is 8.17. The van der Waals surface area contributed by atoms with Crippen molar-refractivity contribution in [3.63, 3.8) is 0 Å². The Morgan fingerprint density at radius 3 is 2.60 bits per heavy atom. The molecule has 0 aliphatic heterocycles. The highest BCUT2D eigenvalue weighted by atomic mass is 32.2. The molecule has 0 saturated heterocycles. The number of rotatable bonds is 6. The van der Waals surface area contributed by atoms with Gasteiger partial charge in [0.05, 0.1) is 22.6 Å². The first-order valence-electron chi connectivity index (χ1n) is 8.72. The van der Waals surface area contributed by atoms with Crippen molar-refractivity contribution in [2.45, 2.75) is 5.16 Å². The molecule has 30 heavy (non-hydrogen) atoms. The molecule has 0 fully saturated rings. The fourth-order valence-electron chi connectivity index (χ4n) is 2.72. The lowest BCUT2D eigenvalue weighted by molar-refractivity contribution is -0.384. The number of benzene rings is 2. The maximum Gasteiger partial charge on any atom is 0.269 e. The highest BCUT2D eigenvalue weighted by molar-refractivity contribution is 7.99. The Morgan fingerprint density at radius 2 is 1.90 bits per heavy atom. The molecule has 0 bridgehead atoms. The first-order chi connectivity index (χ1) is 14.5. The second-order valence-corrected chi connectivity index (χ2v) is 7.11. The first-order valence-corrected chi connectivity index (χ1v) is 9.70. The molecule has 0 spiro atoms. The summed E-state index contributed by atoms with van der Waals surface area (Å²) in [7, 11) is 0. The minimum Gasteiger partial charge on any atom is -0.325 e. The lowest BCUT2D eigenvalue weighted by Crippen LogP contribution is -2.15. The van der Waals surface area contributed by atoms with Crippen LogP contribution in [0, 0.1) is 10.1 Å². The minimum atomic E-state index is -0.497. The van der Waals surface area contributed by atoms with E-state index in [-0.39, 0.29) is 33.4 Å². The smallest absolute Gasteiger partial charge is 0.269 e. The van der Waals surface area contributed by atoms with Gasteiger partial charge in [0, 0.05) is 17.8 Å². The molecule has 0 saturated carbocycles. The van der Waals surface area contributed by atoms with Crippen LogP contribution in [0.3, 0.4) is 0 Å². The SMILES string of the molecule is O=C(CSc1nc2c(cnn2-c2ccc([N+](=O)[O-])cc2)c(=O)[nH]1)Nc1ccccc1. The lowest BCUT2D eigenvalue weighted by atomic mass is 10.3. The van der Waals surface area contributed by atoms with Gasteiger partial charge in [-0.2, -0.15) is 5.10 Å². The number of nitrogens with one attached hydrogen (secondary N) is 2. The molecule has 0 aliphatic carbocycles. The van der Waals surface area contributed by atoms with E-state index in [0.717, 1.165) is 11.8 Å². The van der Waals surface area contributed by atoms with Crippen LogP contribution in [-0.2, 0) is 4.79 Å². The second-order valence-electron chi connectivity index (χ2n) is 6.14. The molecule has 2 aromatic heterocycles. The standard InChI is InChI=1S/C19H14N6O4S/c26-16(21-12-4-2-1-3-5-12)11-30-19-22-17-15(18(27)23-19)10-20-24(17)13-6-8-14(9-7-13)25(28)29/h1-10H,11H2,(H,21,26)(H,22,23,27). The molecule has 4 aromatic rings. The van der Waals surface area contributed by atoms with Crippen LogP contribution in [0.2, 0.25) is 0 Å². The van der Waals surface area contributed by atoms with E-state index in [1.807, 2.05) is 18.2 Å². The number of para-hydroxylation sites is 1. The van der Waals surface area contributed by atoms with E-state index >= 15 is 0 Å². The van der Waals surface area contributed by atoms with Gasteiger partial charge in [0.15, 0.2) is 10.8 Å². The van der Waals surface area contributed by atoms with Crippen molar-refractivity contribution < 1.29 is 9.72 Å². The number of nitro groups is 1. The Morgan fingerprint density at radius 1 is 1.17 bits per heavy atom. The number of carbonyl (C=O) groups is 1. The zero-order valence-corrected chi connectivity index (χ0v) is 16.1. The van der Waals surface area contributed by atoms with Crippen LogP contribution in [0.5, 0.6) is 0 Å². The summed E-state index contributed by atoms with van der Waals surface area (Å²) < 4.78 is 1.42. The molecule has 2 aromatic carbocycles. The van der Waals surface area contributed by atoms with E-state index in [1.165, 1.54) is 35.1 Å². The van der Waals surface area contributed by atoms with E-state index < -0.39 is 4.92 Å². The molecule has 150 valence electrons. The number of H-pyrrole nitrogens is 1. The normalized spacial score (nSPS) is 10.8. The number of hydrogen-bond acceptors (Lipinski definition) is 7. The van der Waals surface area contributed by atoms with Crippen molar-refractivity contribution in [3.05, 3.63) is 81.3 Å². The van der Waals surface area contributed by atoms with E-state index in [9.17, 15) is 19.7 Å². The van der Waals surface area contributed by atoms with Gasteiger partial charge in [-0.05, 0) is 24.3 Å². The molecule has 0 unspecified atom stereocenters. The summed E-state index contributed by atoms with van der Waals surface area (Å²) in [6.45, 7) is 0. The Kier molecular flexibility index (Phi) is 5.26. The third kappa shape index (κ3) is 4.05. The summed E-state index contributed by atoms with van der Waals surface area (Å²) in [5, 5.41) is 18.3. The molecule has 2 heterocycles. The predicted octanol–water partition coefficient (Wildman–Crippen LogP) is 2.75. The van der Waals surface area contributed by atoms with Crippen molar-refractivity contribution in [2.24, 2.45) is 0 Å². The molecule has 1 amide bonds. The lowest BCUT2D eigenvalue weighted by Gasteiger charge is -2.06. The molecule has 10 nitrogen and oxygen atoms in total. The van der Waals surface area contributed by atoms with E-state index in [0.29, 0.717) is 17.0 Å². The van der Waals surface area contributed by atoms with Crippen LogP contribution < -0.4 is 10.9 Å². The zero-order valence-electron chi connectivity index (χ0n) is 15.3. The third-order valence-corrected chi connectivity index (χ3v) is 4.99. The van der Waals surface area contributed by atoms with Gasteiger partial charge < -0.3 is 10.3 Å². The highest BCUT2D eigenvalue weighted by Crippen LogP contribution is 2.20. The summed E-state index contributed by atoms with van der Waals surface area (Å²) in [5.74, 6) is -0.188. The molecule has 4 rings (SSSR count). The predicted molar refractivity (Wildman–Crippen MR) is 112 cm³/mol. The number of hydrogen-bond donors (Lipinski definition) is 2. The van der Waals surface area contributed by atoms with Crippen LogP contribution in [0.4, 0.5) is 11.4 Å². The van der Waals surface area contributed by atoms with Crippen molar-refractivity contribution in [2.75, 3.05) is 11.1 Å². The molecule has 0 atom stereocenters. The molecule has 0 radical (unpaired) electrons. The van der Waals surface area contributed by atoms with Crippen molar-refractivity contribution in [1.82, 2.24) is 19.7 Å². The van der Waals surface area contributed by atoms with E-state index in [2.05, 4.69) is 20.4 Å². The van der Waals surface area contributed by atoms with E-state index in [1.54, 1.807) is 12.1 Å². The molecule has 0 aliphatic rings. The average molecular weight is 422 g/mol. The molecule has 2 N–H and O–H groups in total. The van der Waals surface area contributed by atoms with Gasteiger partial charge in [-0.1, -0.05) is 30.0 Å². The number of non-ortho nitro benzene ring substituents is 1. The Labute approximate surface area is 173 Å². The summed E-state index contributed by atoms with van der Waals surface area (Å²) in [5.41, 5.74) is 1.04. The summed E-state index contributed by atoms with van der Waals surface area (Å²) in [6, 6.07) is 14.8. The maximum absolute atomic E-state index is 12.4. The van der Waals surface area contributed by atoms with E-state index in [4.69, 9.17) is 0 Å². The number of anilines is 1. The highest BCUT2D eigenvalue weighted by Gasteiger charge is 2.14. The number of thioether (sulfide) groups is 1. The van der Waals surface area contributed by atoms with Gasteiger partial charge in [0.25, 0.3) is 11.2 Å². The Bertz CT molecular complexity index is 1280. The van der Waals surface area contributed by atoms with Gasteiger partial charge in [-0.3, -0.25) is 19.7 Å². The van der Waals surface area contributed by atoms with Crippen molar-refractivity contribution in [3.8, 4) is 5.69 Å². The summed E-state index contributed by atoms with van der Waals surface area (Å²) in [6.07, 6.45) is 1.37. The van der Waals surface area contributed by atoms with Gasteiger partial charge in [0.1, 0.15) is 5.39 Å². The van der Waals surface area contributed by atoms with Crippen molar-refractivity contribution in [1.29, 1.82) is 0 Å². The van der Waals surface area contributed by atoms with Crippen molar-refractivity contribution >= 4 is 40.1 Å². The number of aromatic nitrogens is 4. The molecular formula is C19H14N6O4S. The summed E-state index contributed by atoms with van der Waals surface area (Å²) >= 11 is 1.08. The number of aromatic amines is 1. The third-order valence-electron chi connectivity index (χ3n) is 4.12. The number of amides is 1. The fourth-order valence-corrected chi connectivity index (χ4v) is 3.38. The summed E-state index contributed by atoms with van der Waals surface area (Å²) in [4.78, 5) is 41.9. The number of nitrogens with zero attached hydrogens (tertiary/aromatic N) is 4. The van der Waals surface area contributed by atoms with Crippen LogP contribution in [0.25, 0.3) is 16.7 Å². The Hall–Kier alpha value is -3.99. The number of nitro benzene ring substituents is 1. The monoisotopic (exact) mass is 422 g/mol. The topological polar surface area (TPSA) is 136 Å². The molecular weight excluding hydrogens is 408 g/mol. The van der Waals surface area contributed by atoms with Crippen LogP contribution in [0.15, 0.2) is 70.7 Å².